The van der Waals surface area contributed by atoms with E-state index in [-0.39, 0.29) is 24.0 Å². The van der Waals surface area contributed by atoms with E-state index in [9.17, 15) is 14.9 Å². The highest BCUT2D eigenvalue weighted by Crippen LogP contribution is 2.23. The van der Waals surface area contributed by atoms with Gasteiger partial charge in [-0.05, 0) is 24.1 Å². The van der Waals surface area contributed by atoms with Gasteiger partial charge in [0.1, 0.15) is 0 Å². The smallest absolute Gasteiger partial charge is 0.311 e. The summed E-state index contributed by atoms with van der Waals surface area (Å²) in [5, 5.41) is 13.9. The summed E-state index contributed by atoms with van der Waals surface area (Å²) in [6.45, 7) is 1.98. The van der Waals surface area contributed by atoms with Gasteiger partial charge in [0.25, 0.3) is 0 Å². The van der Waals surface area contributed by atoms with E-state index in [4.69, 9.17) is 0 Å². The number of anilines is 2. The van der Waals surface area contributed by atoms with Gasteiger partial charge < -0.3 is 10.2 Å². The molecule has 2 aromatic rings. The molecule has 0 saturated carbocycles. The van der Waals surface area contributed by atoms with Crippen LogP contribution in [-0.4, -0.2) is 29.4 Å². The number of nitrogens with zero attached hydrogens (tertiary/aromatic N) is 3. The van der Waals surface area contributed by atoms with E-state index < -0.39 is 4.92 Å². The molecule has 0 aliphatic carbocycles. The Morgan fingerprint density at radius 2 is 2.04 bits per heavy atom. The quantitative estimate of drug-likeness (QED) is 0.654. The Balaban J connectivity index is 2.10. The monoisotopic (exact) mass is 314 g/mol. The molecule has 0 spiro atoms. The summed E-state index contributed by atoms with van der Waals surface area (Å²) in [6.07, 6.45) is 2.27. The van der Waals surface area contributed by atoms with Gasteiger partial charge in [0.15, 0.2) is 0 Å². The summed E-state index contributed by atoms with van der Waals surface area (Å²) in [7, 11) is 1.60. The van der Waals surface area contributed by atoms with Crippen molar-refractivity contribution in [1.29, 1.82) is 0 Å². The fourth-order valence-corrected chi connectivity index (χ4v) is 2.26. The van der Waals surface area contributed by atoms with Crippen LogP contribution in [0.15, 0.2) is 42.6 Å². The lowest BCUT2D eigenvalue weighted by atomic mass is 10.1. The highest BCUT2D eigenvalue weighted by molar-refractivity contribution is 5.94. The predicted octanol–water partition coefficient (Wildman–Crippen LogP) is 2.63. The molecule has 7 nitrogen and oxygen atoms in total. The zero-order valence-electron chi connectivity index (χ0n) is 13.0. The Morgan fingerprint density at radius 1 is 1.30 bits per heavy atom. The minimum atomic E-state index is -0.511. The van der Waals surface area contributed by atoms with Crippen LogP contribution in [-0.2, 0) is 11.2 Å². The molecule has 0 radical (unpaired) electrons. The molecule has 0 aliphatic rings. The molecule has 7 heteroatoms. The Bertz CT molecular complexity index is 718. The van der Waals surface area contributed by atoms with Crippen molar-refractivity contribution in [2.24, 2.45) is 0 Å². The summed E-state index contributed by atoms with van der Waals surface area (Å²) in [4.78, 5) is 28.2. The van der Waals surface area contributed by atoms with E-state index in [0.29, 0.717) is 0 Å². The second-order valence-electron chi connectivity index (χ2n) is 5.02. The first-order chi connectivity index (χ1) is 11.0. The first-order valence-electron chi connectivity index (χ1n) is 7.21. The van der Waals surface area contributed by atoms with Gasteiger partial charge in [-0.15, -0.1) is 0 Å². The standard InChI is InChI=1S/C16H18N4O3/c1-3-12-7-4-5-8-13(12)18-15(21)11-19(2)16-14(20(22)23)9-6-10-17-16/h4-10H,3,11H2,1-2H3,(H,18,21). The van der Waals surface area contributed by atoms with Gasteiger partial charge in [-0.25, -0.2) is 4.98 Å². The molecule has 0 bridgehead atoms. The fourth-order valence-electron chi connectivity index (χ4n) is 2.26. The van der Waals surface area contributed by atoms with Gasteiger partial charge in [0.05, 0.1) is 11.5 Å². The lowest BCUT2D eigenvalue weighted by molar-refractivity contribution is -0.384. The Kier molecular flexibility index (Phi) is 5.24. The number of carbonyl (C=O) groups excluding carboxylic acids is 1. The van der Waals surface area contributed by atoms with E-state index in [1.807, 2.05) is 31.2 Å². The van der Waals surface area contributed by atoms with Gasteiger partial charge in [0, 0.05) is 25.0 Å². The maximum absolute atomic E-state index is 12.2. The molecule has 0 unspecified atom stereocenters. The van der Waals surface area contributed by atoms with Crippen molar-refractivity contribution in [1.82, 2.24) is 4.98 Å². The molecule has 0 atom stereocenters. The summed E-state index contributed by atoms with van der Waals surface area (Å²) >= 11 is 0. The van der Waals surface area contributed by atoms with Crippen molar-refractivity contribution < 1.29 is 9.72 Å². The van der Waals surface area contributed by atoms with E-state index in [1.165, 1.54) is 23.2 Å². The molecule has 1 aromatic carbocycles. The fraction of sp³-hybridized carbons (Fsp3) is 0.250. The number of benzene rings is 1. The van der Waals surface area contributed by atoms with E-state index in [2.05, 4.69) is 10.3 Å². The normalized spacial score (nSPS) is 10.2. The second-order valence-corrected chi connectivity index (χ2v) is 5.02. The van der Waals surface area contributed by atoms with Crippen LogP contribution in [0.2, 0.25) is 0 Å². The first kappa shape index (κ1) is 16.4. The largest absolute Gasteiger partial charge is 0.345 e. The van der Waals surface area contributed by atoms with Crippen LogP contribution < -0.4 is 10.2 Å². The lowest BCUT2D eigenvalue weighted by Gasteiger charge is -2.18. The number of carbonyl (C=O) groups is 1. The number of likely N-dealkylation sites (N-methyl/N-ethyl adjacent to an activating group) is 1. The molecular weight excluding hydrogens is 296 g/mol. The number of rotatable bonds is 6. The number of pyridine rings is 1. The Hall–Kier alpha value is -2.96. The van der Waals surface area contributed by atoms with Crippen molar-refractivity contribution in [2.45, 2.75) is 13.3 Å². The number of hydrogen-bond donors (Lipinski definition) is 1. The molecule has 1 aromatic heterocycles. The van der Waals surface area contributed by atoms with Crippen molar-refractivity contribution in [3.63, 3.8) is 0 Å². The van der Waals surface area contributed by atoms with Crippen LogP contribution in [0.1, 0.15) is 12.5 Å². The van der Waals surface area contributed by atoms with Gasteiger partial charge >= 0.3 is 5.69 Å². The summed E-state index contributed by atoms with van der Waals surface area (Å²) in [5.74, 6) is -0.0928. The van der Waals surface area contributed by atoms with Gasteiger partial charge in [-0.3, -0.25) is 14.9 Å². The number of para-hydroxylation sites is 1. The molecule has 0 fully saturated rings. The highest BCUT2D eigenvalue weighted by Gasteiger charge is 2.19. The first-order valence-corrected chi connectivity index (χ1v) is 7.21. The predicted molar refractivity (Wildman–Crippen MR) is 88.6 cm³/mol. The summed E-state index contributed by atoms with van der Waals surface area (Å²) < 4.78 is 0. The SMILES string of the molecule is CCc1ccccc1NC(=O)CN(C)c1ncccc1[N+](=O)[O-]. The van der Waals surface area contributed by atoms with Crippen LogP contribution in [0, 0.1) is 10.1 Å². The van der Waals surface area contributed by atoms with Gasteiger partial charge in [0.2, 0.25) is 11.7 Å². The van der Waals surface area contributed by atoms with Crippen molar-refractivity contribution in [2.75, 3.05) is 23.8 Å². The zero-order valence-corrected chi connectivity index (χ0v) is 13.0. The molecular formula is C16H18N4O3. The topological polar surface area (TPSA) is 88.4 Å². The van der Waals surface area contributed by atoms with Crippen molar-refractivity contribution in [3.8, 4) is 0 Å². The average molecular weight is 314 g/mol. The van der Waals surface area contributed by atoms with Crippen LogP contribution in [0.3, 0.4) is 0 Å². The number of amides is 1. The minimum Gasteiger partial charge on any atom is -0.345 e. The molecule has 1 N–H and O–H groups in total. The molecule has 0 aliphatic heterocycles. The number of aromatic nitrogens is 1. The molecule has 120 valence electrons. The van der Waals surface area contributed by atoms with Crippen molar-refractivity contribution in [3.05, 3.63) is 58.3 Å². The minimum absolute atomic E-state index is 0.0318. The number of nitro groups is 1. The van der Waals surface area contributed by atoms with E-state index in [0.717, 1.165) is 17.7 Å². The average Bonchev–Trinajstić information content (AvgIpc) is 2.55. The maximum Gasteiger partial charge on any atom is 0.311 e. The maximum atomic E-state index is 12.2. The second kappa shape index (κ2) is 7.35. The third-order valence-electron chi connectivity index (χ3n) is 3.38. The van der Waals surface area contributed by atoms with Crippen LogP contribution in [0.5, 0.6) is 0 Å². The Labute approximate surface area is 134 Å². The van der Waals surface area contributed by atoms with Crippen LogP contribution in [0.25, 0.3) is 0 Å². The van der Waals surface area contributed by atoms with E-state index in [1.54, 1.807) is 7.05 Å². The summed E-state index contributed by atoms with van der Waals surface area (Å²) in [5.41, 5.74) is 1.66. The zero-order chi connectivity index (χ0) is 16.8. The number of nitrogens with one attached hydrogen (secondary N) is 1. The van der Waals surface area contributed by atoms with E-state index >= 15 is 0 Å². The van der Waals surface area contributed by atoms with Crippen LogP contribution in [0.4, 0.5) is 17.2 Å². The molecule has 1 heterocycles. The molecule has 23 heavy (non-hydrogen) atoms. The van der Waals surface area contributed by atoms with Crippen molar-refractivity contribution >= 4 is 23.1 Å². The lowest BCUT2D eigenvalue weighted by Crippen LogP contribution is -2.31. The highest BCUT2D eigenvalue weighted by atomic mass is 16.6. The number of hydrogen-bond acceptors (Lipinski definition) is 5. The molecule has 0 saturated heterocycles. The third-order valence-corrected chi connectivity index (χ3v) is 3.38. The molecule has 1 amide bonds. The van der Waals surface area contributed by atoms with Crippen LogP contribution >= 0.6 is 0 Å². The summed E-state index contributed by atoms with van der Waals surface area (Å²) in [6, 6.07) is 10.4. The molecule has 2 rings (SSSR count). The van der Waals surface area contributed by atoms with Gasteiger partial charge in [-0.1, -0.05) is 25.1 Å². The van der Waals surface area contributed by atoms with Gasteiger partial charge in [-0.2, -0.15) is 0 Å². The number of aryl methyl sites for hydroxylation is 1. The Morgan fingerprint density at radius 3 is 2.74 bits per heavy atom. The third kappa shape index (κ3) is 4.03.